The molecule has 1 aliphatic carbocycles. The first-order valence-electron chi connectivity index (χ1n) is 9.39. The van der Waals surface area contributed by atoms with Crippen LogP contribution in [0.25, 0.3) is 0 Å². The zero-order chi connectivity index (χ0) is 20.0. The van der Waals surface area contributed by atoms with Crippen molar-refractivity contribution < 1.29 is 22.1 Å². The molecule has 2 atom stereocenters. The lowest BCUT2D eigenvalue weighted by Gasteiger charge is -2.29. The van der Waals surface area contributed by atoms with E-state index in [1.165, 1.54) is 0 Å². The van der Waals surface area contributed by atoms with Crippen LogP contribution >= 0.6 is 0 Å². The minimum absolute atomic E-state index is 0.149. The molecule has 0 aromatic heterocycles. The molecule has 2 aromatic rings. The van der Waals surface area contributed by atoms with Crippen molar-refractivity contribution >= 4 is 16.2 Å². The van der Waals surface area contributed by atoms with Gasteiger partial charge in [-0.05, 0) is 50.3 Å². The minimum Gasteiger partial charge on any atom is -0.445 e. The Morgan fingerprint density at radius 3 is 2.50 bits per heavy atom. The van der Waals surface area contributed by atoms with Gasteiger partial charge >= 0.3 is 6.09 Å². The van der Waals surface area contributed by atoms with Gasteiger partial charge in [0.2, 0.25) is 0 Å². The fourth-order valence-corrected chi connectivity index (χ4v) is 4.35. The summed E-state index contributed by atoms with van der Waals surface area (Å²) in [6, 6.07) is 15.8. The van der Waals surface area contributed by atoms with Crippen LogP contribution in [-0.2, 0) is 25.6 Å². The molecular formula is C21H25NO5S. The van der Waals surface area contributed by atoms with E-state index in [1.54, 1.807) is 24.3 Å². The smallest absolute Gasteiger partial charge is 0.407 e. The third-order valence-electron chi connectivity index (χ3n) is 4.73. The van der Waals surface area contributed by atoms with Crippen LogP contribution in [0.5, 0.6) is 0 Å². The van der Waals surface area contributed by atoms with Crippen LogP contribution in [0.15, 0.2) is 59.5 Å². The Balaban J connectivity index is 1.50. The van der Waals surface area contributed by atoms with E-state index in [0.29, 0.717) is 12.8 Å². The summed E-state index contributed by atoms with van der Waals surface area (Å²) in [6.07, 6.45) is 1.66. The summed E-state index contributed by atoms with van der Waals surface area (Å²) < 4.78 is 35.6. The van der Waals surface area contributed by atoms with Gasteiger partial charge in [-0.25, -0.2) is 4.79 Å². The van der Waals surface area contributed by atoms with E-state index in [0.717, 1.165) is 24.0 Å². The molecule has 0 heterocycles. The van der Waals surface area contributed by atoms with Gasteiger partial charge in [0, 0.05) is 6.04 Å². The standard InChI is InChI=1S/C21H25NO5S/c1-16-10-12-20(13-11-16)28(24,25)27-19-9-5-8-18(14-19)22-21(23)26-15-17-6-3-2-4-7-17/h2-4,6-7,10-13,18-19H,5,8-9,14-15H2,1H3,(H,22,23)/t18-,19+/m1/s1. The van der Waals surface area contributed by atoms with Crippen molar-refractivity contribution in [3.05, 3.63) is 65.7 Å². The number of rotatable bonds is 6. The van der Waals surface area contributed by atoms with E-state index in [4.69, 9.17) is 8.92 Å². The number of ether oxygens (including phenoxy) is 1. The van der Waals surface area contributed by atoms with Crippen LogP contribution in [0, 0.1) is 6.92 Å². The molecular weight excluding hydrogens is 378 g/mol. The lowest BCUT2D eigenvalue weighted by Crippen LogP contribution is -2.41. The topological polar surface area (TPSA) is 81.7 Å². The summed E-state index contributed by atoms with van der Waals surface area (Å²) in [4.78, 5) is 12.2. The Morgan fingerprint density at radius 1 is 1.07 bits per heavy atom. The number of amides is 1. The van der Waals surface area contributed by atoms with Crippen LogP contribution in [0.2, 0.25) is 0 Å². The summed E-state index contributed by atoms with van der Waals surface area (Å²) in [6.45, 7) is 2.09. The summed E-state index contributed by atoms with van der Waals surface area (Å²) in [7, 11) is -3.82. The molecule has 28 heavy (non-hydrogen) atoms. The Kier molecular flexibility index (Phi) is 6.70. The molecule has 1 amide bonds. The van der Waals surface area contributed by atoms with E-state index in [9.17, 15) is 13.2 Å². The molecule has 0 aliphatic heterocycles. The van der Waals surface area contributed by atoms with E-state index in [-0.39, 0.29) is 17.5 Å². The molecule has 0 unspecified atom stereocenters. The number of benzene rings is 2. The van der Waals surface area contributed by atoms with Gasteiger partial charge in [-0.3, -0.25) is 4.18 Å². The van der Waals surface area contributed by atoms with Crippen molar-refractivity contribution in [1.82, 2.24) is 5.32 Å². The van der Waals surface area contributed by atoms with E-state index < -0.39 is 22.3 Å². The number of alkyl carbamates (subject to hydrolysis) is 1. The highest BCUT2D eigenvalue weighted by atomic mass is 32.2. The van der Waals surface area contributed by atoms with Crippen LogP contribution in [0.4, 0.5) is 4.79 Å². The normalized spacial score (nSPS) is 19.8. The van der Waals surface area contributed by atoms with Gasteiger partial charge in [0.25, 0.3) is 10.1 Å². The Hall–Kier alpha value is -2.38. The van der Waals surface area contributed by atoms with Gasteiger partial charge in [-0.1, -0.05) is 48.0 Å². The molecule has 0 radical (unpaired) electrons. The average molecular weight is 404 g/mol. The van der Waals surface area contributed by atoms with Gasteiger partial charge in [0.05, 0.1) is 11.0 Å². The number of carbonyl (C=O) groups is 1. The predicted molar refractivity (Wildman–Crippen MR) is 105 cm³/mol. The highest BCUT2D eigenvalue weighted by molar-refractivity contribution is 7.86. The lowest BCUT2D eigenvalue weighted by molar-refractivity contribution is 0.115. The van der Waals surface area contributed by atoms with E-state index in [2.05, 4.69) is 5.32 Å². The molecule has 6 nitrogen and oxygen atoms in total. The van der Waals surface area contributed by atoms with Crippen LogP contribution in [-0.4, -0.2) is 26.7 Å². The molecule has 0 saturated heterocycles. The molecule has 150 valence electrons. The quantitative estimate of drug-likeness (QED) is 0.739. The second-order valence-corrected chi connectivity index (χ2v) is 8.63. The van der Waals surface area contributed by atoms with Crippen molar-refractivity contribution in [3.63, 3.8) is 0 Å². The fourth-order valence-electron chi connectivity index (χ4n) is 3.23. The predicted octanol–water partition coefficient (Wildman–Crippen LogP) is 3.94. The lowest BCUT2D eigenvalue weighted by atomic mass is 9.93. The maximum atomic E-state index is 12.5. The highest BCUT2D eigenvalue weighted by Crippen LogP contribution is 2.25. The SMILES string of the molecule is Cc1ccc(S(=O)(=O)O[C@H]2CCC[C@@H](NC(=O)OCc3ccccc3)C2)cc1. The maximum absolute atomic E-state index is 12.5. The number of nitrogens with one attached hydrogen (secondary N) is 1. The minimum atomic E-state index is -3.82. The largest absolute Gasteiger partial charge is 0.445 e. The first kappa shape index (κ1) is 20.4. The van der Waals surface area contributed by atoms with Crippen LogP contribution in [0.3, 0.4) is 0 Å². The molecule has 1 saturated carbocycles. The molecule has 0 spiro atoms. The van der Waals surface area contributed by atoms with Crippen molar-refractivity contribution in [2.45, 2.75) is 56.3 Å². The Morgan fingerprint density at radius 2 is 1.79 bits per heavy atom. The van der Waals surface area contributed by atoms with Crippen molar-refractivity contribution in [3.8, 4) is 0 Å². The maximum Gasteiger partial charge on any atom is 0.407 e. The Labute approximate surface area is 166 Å². The summed E-state index contributed by atoms with van der Waals surface area (Å²) >= 11 is 0. The fraction of sp³-hybridized carbons (Fsp3) is 0.381. The highest BCUT2D eigenvalue weighted by Gasteiger charge is 2.29. The van der Waals surface area contributed by atoms with Crippen molar-refractivity contribution in [1.29, 1.82) is 0 Å². The number of hydrogen-bond acceptors (Lipinski definition) is 5. The number of hydrogen-bond donors (Lipinski definition) is 1. The van der Waals surface area contributed by atoms with E-state index >= 15 is 0 Å². The second-order valence-electron chi connectivity index (χ2n) is 7.06. The van der Waals surface area contributed by atoms with Crippen molar-refractivity contribution in [2.24, 2.45) is 0 Å². The monoisotopic (exact) mass is 403 g/mol. The van der Waals surface area contributed by atoms with Gasteiger partial charge < -0.3 is 10.1 Å². The molecule has 1 N–H and O–H groups in total. The van der Waals surface area contributed by atoms with Gasteiger partial charge in [-0.2, -0.15) is 8.42 Å². The molecule has 1 fully saturated rings. The zero-order valence-electron chi connectivity index (χ0n) is 15.8. The van der Waals surface area contributed by atoms with Crippen molar-refractivity contribution in [2.75, 3.05) is 0 Å². The third kappa shape index (κ3) is 5.81. The van der Waals surface area contributed by atoms with Gasteiger partial charge in [0.1, 0.15) is 6.61 Å². The van der Waals surface area contributed by atoms with Crippen LogP contribution in [0.1, 0.15) is 36.8 Å². The molecule has 2 aromatic carbocycles. The number of carbonyl (C=O) groups excluding carboxylic acids is 1. The number of aryl methyl sites for hydroxylation is 1. The summed E-state index contributed by atoms with van der Waals surface area (Å²) in [5.41, 5.74) is 1.89. The van der Waals surface area contributed by atoms with Gasteiger partial charge in [-0.15, -0.1) is 0 Å². The third-order valence-corrected chi connectivity index (χ3v) is 6.11. The molecule has 0 bridgehead atoms. The first-order valence-corrected chi connectivity index (χ1v) is 10.8. The molecule has 1 aliphatic rings. The first-order chi connectivity index (χ1) is 13.4. The van der Waals surface area contributed by atoms with Crippen LogP contribution < -0.4 is 5.32 Å². The van der Waals surface area contributed by atoms with Gasteiger partial charge in [0.15, 0.2) is 0 Å². The molecule has 7 heteroatoms. The zero-order valence-corrected chi connectivity index (χ0v) is 16.7. The summed E-state index contributed by atoms with van der Waals surface area (Å²) in [5.74, 6) is 0. The average Bonchev–Trinajstić information content (AvgIpc) is 2.67. The summed E-state index contributed by atoms with van der Waals surface area (Å²) in [5, 5.41) is 2.82. The van der Waals surface area contributed by atoms with E-state index in [1.807, 2.05) is 37.3 Å². The Bertz CT molecular complexity index is 881. The molecule has 3 rings (SSSR count). The second kappa shape index (κ2) is 9.21.